The molecular weight excluding hydrogens is 260 g/mol. The van der Waals surface area contributed by atoms with E-state index in [9.17, 15) is 13.6 Å². The van der Waals surface area contributed by atoms with Crippen LogP contribution in [-0.2, 0) is 4.79 Å². The van der Waals surface area contributed by atoms with Gasteiger partial charge in [-0.3, -0.25) is 4.79 Å². The molecule has 1 N–H and O–H groups in total. The van der Waals surface area contributed by atoms with Gasteiger partial charge in [0.25, 0.3) is 6.43 Å². The van der Waals surface area contributed by atoms with Crippen molar-refractivity contribution in [3.8, 4) is 0 Å². The second-order valence-corrected chi connectivity index (χ2v) is 4.60. The number of benzene rings is 1. The summed E-state index contributed by atoms with van der Waals surface area (Å²) in [6.07, 6.45) is -2.58. The van der Waals surface area contributed by atoms with Gasteiger partial charge in [-0.25, -0.2) is 8.78 Å². The monoisotopic (exact) mass is 275 g/mol. The first-order valence-electron chi connectivity index (χ1n) is 5.48. The first-order chi connectivity index (χ1) is 8.63. The average Bonchev–Trinajstić information content (AvgIpc) is 2.36. The molecule has 0 saturated heterocycles. The number of alkyl halides is 2. The Morgan fingerprint density at radius 2 is 2.00 bits per heavy atom. The third-order valence-corrected chi connectivity index (χ3v) is 3.18. The molecule has 1 aromatic carbocycles. The lowest BCUT2D eigenvalue weighted by Gasteiger charge is -2.20. The summed E-state index contributed by atoms with van der Waals surface area (Å²) in [6.45, 7) is -0.998. The Kier molecular flexibility index (Phi) is 6.67. The number of hydrogen-bond donors (Lipinski definition) is 1. The largest absolute Gasteiger partial charge is 0.395 e. The van der Waals surface area contributed by atoms with Crippen LogP contribution in [0.1, 0.15) is 0 Å². The van der Waals surface area contributed by atoms with E-state index in [0.29, 0.717) is 0 Å². The first-order valence-corrected chi connectivity index (χ1v) is 6.46. The topological polar surface area (TPSA) is 40.5 Å². The molecule has 0 aliphatic heterocycles. The molecule has 6 heteroatoms. The zero-order valence-electron chi connectivity index (χ0n) is 9.76. The van der Waals surface area contributed by atoms with E-state index in [4.69, 9.17) is 5.11 Å². The van der Waals surface area contributed by atoms with Crippen molar-refractivity contribution in [2.45, 2.75) is 11.3 Å². The number of rotatable bonds is 7. The maximum atomic E-state index is 12.2. The van der Waals surface area contributed by atoms with E-state index in [1.54, 1.807) is 0 Å². The van der Waals surface area contributed by atoms with Gasteiger partial charge in [-0.1, -0.05) is 18.2 Å². The van der Waals surface area contributed by atoms with Crippen molar-refractivity contribution in [3.63, 3.8) is 0 Å². The number of thioether (sulfide) groups is 1. The molecule has 0 radical (unpaired) electrons. The molecule has 0 atom stereocenters. The molecule has 0 unspecified atom stereocenters. The molecule has 0 spiro atoms. The van der Waals surface area contributed by atoms with Gasteiger partial charge in [0.2, 0.25) is 5.91 Å². The molecule has 0 aliphatic carbocycles. The first kappa shape index (κ1) is 14.9. The zero-order valence-corrected chi connectivity index (χ0v) is 10.6. The number of halogens is 2. The SMILES string of the molecule is O=C(CSc1ccccc1)N(CCO)CC(F)F. The van der Waals surface area contributed by atoms with Crippen LogP contribution in [0.15, 0.2) is 35.2 Å². The maximum absolute atomic E-state index is 12.2. The van der Waals surface area contributed by atoms with Crippen LogP contribution in [0.4, 0.5) is 8.78 Å². The molecule has 100 valence electrons. The fourth-order valence-corrected chi connectivity index (χ4v) is 2.18. The molecule has 0 fully saturated rings. The van der Waals surface area contributed by atoms with E-state index in [2.05, 4.69) is 0 Å². The predicted molar refractivity (Wildman–Crippen MR) is 66.8 cm³/mol. The van der Waals surface area contributed by atoms with Crippen LogP contribution in [-0.4, -0.2) is 47.8 Å². The van der Waals surface area contributed by atoms with Gasteiger partial charge in [-0.15, -0.1) is 11.8 Å². The minimum absolute atomic E-state index is 0.0570. The Hall–Kier alpha value is -1.14. The van der Waals surface area contributed by atoms with E-state index in [1.165, 1.54) is 11.8 Å². The van der Waals surface area contributed by atoms with Crippen LogP contribution in [0.3, 0.4) is 0 Å². The van der Waals surface area contributed by atoms with Gasteiger partial charge in [-0.05, 0) is 12.1 Å². The van der Waals surface area contributed by atoms with E-state index in [1.807, 2.05) is 30.3 Å². The van der Waals surface area contributed by atoms with Crippen molar-refractivity contribution >= 4 is 17.7 Å². The summed E-state index contributed by atoms with van der Waals surface area (Å²) >= 11 is 1.29. The van der Waals surface area contributed by atoms with Crippen molar-refractivity contribution in [2.75, 3.05) is 25.4 Å². The smallest absolute Gasteiger partial charge is 0.255 e. The molecule has 3 nitrogen and oxygen atoms in total. The average molecular weight is 275 g/mol. The molecular formula is C12H15F2NO2S. The number of nitrogens with zero attached hydrogens (tertiary/aromatic N) is 1. The lowest BCUT2D eigenvalue weighted by molar-refractivity contribution is -0.130. The van der Waals surface area contributed by atoms with E-state index in [-0.39, 0.29) is 18.9 Å². The molecule has 0 saturated carbocycles. The Bertz CT molecular complexity index is 362. The fourth-order valence-electron chi connectivity index (χ4n) is 1.36. The molecule has 1 amide bonds. The molecule has 0 heterocycles. The zero-order chi connectivity index (χ0) is 13.4. The van der Waals surface area contributed by atoms with E-state index < -0.39 is 18.9 Å². The highest BCUT2D eigenvalue weighted by Crippen LogP contribution is 2.17. The van der Waals surface area contributed by atoms with Crippen molar-refractivity contribution in [2.24, 2.45) is 0 Å². The van der Waals surface area contributed by atoms with Crippen LogP contribution in [0.25, 0.3) is 0 Å². The van der Waals surface area contributed by atoms with Crippen molar-refractivity contribution < 1.29 is 18.7 Å². The number of carbonyl (C=O) groups excluding carboxylic acids is 1. The van der Waals surface area contributed by atoms with Gasteiger partial charge in [0.1, 0.15) is 0 Å². The predicted octanol–water partition coefficient (Wildman–Crippen LogP) is 1.86. The lowest BCUT2D eigenvalue weighted by Crippen LogP contribution is -2.38. The van der Waals surface area contributed by atoms with Gasteiger partial charge in [-0.2, -0.15) is 0 Å². The van der Waals surface area contributed by atoms with Crippen LogP contribution in [0.2, 0.25) is 0 Å². The van der Waals surface area contributed by atoms with Gasteiger partial charge in [0, 0.05) is 11.4 Å². The summed E-state index contributed by atoms with van der Waals surface area (Å²) in [5.74, 6) is -0.297. The Morgan fingerprint density at radius 3 is 2.56 bits per heavy atom. The molecule has 0 aromatic heterocycles. The van der Waals surface area contributed by atoms with Crippen LogP contribution >= 0.6 is 11.8 Å². The Labute approximate surface area is 109 Å². The normalized spacial score (nSPS) is 10.7. The van der Waals surface area contributed by atoms with E-state index in [0.717, 1.165) is 9.80 Å². The van der Waals surface area contributed by atoms with Gasteiger partial charge < -0.3 is 10.0 Å². The molecule has 1 rings (SSSR count). The standard InChI is InChI=1S/C12H15F2NO2S/c13-11(14)8-15(6-7-16)12(17)9-18-10-4-2-1-3-5-10/h1-5,11,16H,6-9H2. The van der Waals surface area contributed by atoms with Crippen LogP contribution in [0, 0.1) is 0 Å². The lowest BCUT2D eigenvalue weighted by atomic mass is 10.4. The summed E-state index contributed by atoms with van der Waals surface area (Å²) in [5.41, 5.74) is 0. The number of aliphatic hydroxyl groups is 1. The highest BCUT2D eigenvalue weighted by molar-refractivity contribution is 8.00. The third kappa shape index (κ3) is 5.46. The van der Waals surface area contributed by atoms with Gasteiger partial charge >= 0.3 is 0 Å². The number of carbonyl (C=O) groups is 1. The fraction of sp³-hybridized carbons (Fsp3) is 0.417. The molecule has 1 aromatic rings. The third-order valence-electron chi connectivity index (χ3n) is 2.19. The molecule has 0 aliphatic rings. The van der Waals surface area contributed by atoms with E-state index >= 15 is 0 Å². The van der Waals surface area contributed by atoms with Gasteiger partial charge in [0.05, 0.1) is 18.9 Å². The number of amides is 1. The second kappa shape index (κ2) is 8.05. The maximum Gasteiger partial charge on any atom is 0.255 e. The van der Waals surface area contributed by atoms with Crippen molar-refractivity contribution in [1.82, 2.24) is 4.90 Å². The highest BCUT2D eigenvalue weighted by Gasteiger charge is 2.17. The summed E-state index contributed by atoms with van der Waals surface area (Å²) in [5, 5.41) is 8.74. The Morgan fingerprint density at radius 1 is 1.33 bits per heavy atom. The minimum atomic E-state index is -2.58. The minimum Gasteiger partial charge on any atom is -0.395 e. The molecule has 18 heavy (non-hydrogen) atoms. The highest BCUT2D eigenvalue weighted by atomic mass is 32.2. The van der Waals surface area contributed by atoms with Crippen molar-refractivity contribution in [3.05, 3.63) is 30.3 Å². The molecule has 0 bridgehead atoms. The number of hydrogen-bond acceptors (Lipinski definition) is 3. The van der Waals surface area contributed by atoms with Crippen LogP contribution < -0.4 is 0 Å². The van der Waals surface area contributed by atoms with Gasteiger partial charge in [0.15, 0.2) is 0 Å². The summed E-state index contributed by atoms with van der Waals surface area (Å²) in [6, 6.07) is 9.25. The van der Waals surface area contributed by atoms with Crippen molar-refractivity contribution in [1.29, 1.82) is 0 Å². The quantitative estimate of drug-likeness (QED) is 0.772. The Balaban J connectivity index is 2.46. The number of aliphatic hydroxyl groups excluding tert-OH is 1. The summed E-state index contributed by atoms with van der Waals surface area (Å²) in [4.78, 5) is 13.6. The second-order valence-electron chi connectivity index (χ2n) is 3.56. The van der Waals surface area contributed by atoms with Crippen LogP contribution in [0.5, 0.6) is 0 Å². The summed E-state index contributed by atoms with van der Waals surface area (Å²) in [7, 11) is 0. The summed E-state index contributed by atoms with van der Waals surface area (Å²) < 4.78 is 24.5.